The zero-order valence-corrected chi connectivity index (χ0v) is 9.95. The average molecular weight is 221 g/mol. The van der Waals surface area contributed by atoms with E-state index < -0.39 is 0 Å². The predicted molar refractivity (Wildman–Crippen MR) is 62.2 cm³/mol. The van der Waals surface area contributed by atoms with Crippen LogP contribution >= 0.6 is 0 Å². The minimum atomic E-state index is -0.188. The molecule has 1 aliphatic heterocycles. The third kappa shape index (κ3) is 1.92. The highest BCUT2D eigenvalue weighted by Gasteiger charge is 2.43. The van der Waals surface area contributed by atoms with E-state index in [0.717, 1.165) is 25.3 Å². The average Bonchev–Trinajstić information content (AvgIpc) is 2.87. The van der Waals surface area contributed by atoms with Crippen molar-refractivity contribution in [1.82, 2.24) is 5.32 Å². The molecule has 0 bridgehead atoms. The molecule has 1 aromatic heterocycles. The monoisotopic (exact) mass is 221 g/mol. The first-order chi connectivity index (χ1) is 7.65. The summed E-state index contributed by atoms with van der Waals surface area (Å²) in [6, 6.07) is 3.70. The highest BCUT2D eigenvalue weighted by atomic mass is 16.3. The Morgan fingerprint density at radius 2 is 2.44 bits per heavy atom. The van der Waals surface area contributed by atoms with Crippen LogP contribution in [0, 0.1) is 11.3 Å². The molecule has 0 aromatic carbocycles. The minimum Gasteiger partial charge on any atom is -0.469 e. The first-order valence-electron chi connectivity index (χ1n) is 5.91. The molecule has 0 spiro atoms. The Balaban J connectivity index is 2.12. The number of nitrogens with one attached hydrogen (secondary N) is 1. The van der Waals surface area contributed by atoms with Crippen molar-refractivity contribution in [3.8, 4) is 0 Å². The number of Topliss-reactive ketones (excluding diaryl/α,β-unsaturated/α-hetero) is 1. The molecule has 1 fully saturated rings. The van der Waals surface area contributed by atoms with Crippen molar-refractivity contribution >= 4 is 5.78 Å². The molecule has 0 saturated carbocycles. The van der Waals surface area contributed by atoms with Gasteiger partial charge in [0.05, 0.1) is 12.7 Å². The van der Waals surface area contributed by atoms with Crippen molar-refractivity contribution in [3.63, 3.8) is 0 Å². The van der Waals surface area contributed by atoms with Crippen molar-refractivity contribution in [1.29, 1.82) is 0 Å². The van der Waals surface area contributed by atoms with Crippen LogP contribution in [-0.4, -0.2) is 18.9 Å². The van der Waals surface area contributed by atoms with Crippen LogP contribution in [0.25, 0.3) is 0 Å². The third-order valence-electron chi connectivity index (χ3n) is 3.76. The van der Waals surface area contributed by atoms with Crippen LogP contribution in [0.15, 0.2) is 22.8 Å². The van der Waals surface area contributed by atoms with Gasteiger partial charge >= 0.3 is 0 Å². The first kappa shape index (κ1) is 11.4. The Kier molecular flexibility index (Phi) is 3.15. The van der Waals surface area contributed by atoms with E-state index in [1.807, 2.05) is 12.1 Å². The van der Waals surface area contributed by atoms with Gasteiger partial charge in [-0.2, -0.15) is 0 Å². The Hall–Kier alpha value is -1.09. The Morgan fingerprint density at radius 3 is 2.94 bits per heavy atom. The summed E-state index contributed by atoms with van der Waals surface area (Å²) in [6.45, 7) is 6.02. The molecular weight excluding hydrogens is 202 g/mol. The van der Waals surface area contributed by atoms with Gasteiger partial charge < -0.3 is 9.73 Å². The van der Waals surface area contributed by atoms with Gasteiger partial charge in [-0.15, -0.1) is 0 Å². The lowest BCUT2D eigenvalue weighted by Gasteiger charge is -2.30. The van der Waals surface area contributed by atoms with E-state index in [1.54, 1.807) is 6.26 Å². The molecule has 1 atom stereocenters. The summed E-state index contributed by atoms with van der Waals surface area (Å²) in [5, 5.41) is 3.30. The van der Waals surface area contributed by atoms with Crippen LogP contribution in [-0.2, 0) is 11.2 Å². The Labute approximate surface area is 96.2 Å². The number of ketones is 1. The first-order valence-corrected chi connectivity index (χ1v) is 5.91. The van der Waals surface area contributed by atoms with Crippen LogP contribution in [0.3, 0.4) is 0 Å². The van der Waals surface area contributed by atoms with Crippen LogP contribution < -0.4 is 5.32 Å². The normalized spacial score (nSPS) is 25.2. The third-order valence-corrected chi connectivity index (χ3v) is 3.76. The summed E-state index contributed by atoms with van der Waals surface area (Å²) in [6.07, 6.45) is 2.99. The maximum atomic E-state index is 12.4. The molecule has 0 aliphatic carbocycles. The zero-order valence-electron chi connectivity index (χ0n) is 9.95. The lowest BCUT2D eigenvalue weighted by Crippen LogP contribution is -2.39. The van der Waals surface area contributed by atoms with Gasteiger partial charge in [0.2, 0.25) is 0 Å². The summed E-state index contributed by atoms with van der Waals surface area (Å²) < 4.78 is 5.25. The number of carbonyl (C=O) groups excluding carboxylic acids is 1. The van der Waals surface area contributed by atoms with E-state index in [1.165, 1.54) is 0 Å². The summed E-state index contributed by atoms with van der Waals surface area (Å²) in [7, 11) is 0. The van der Waals surface area contributed by atoms with E-state index >= 15 is 0 Å². The van der Waals surface area contributed by atoms with E-state index in [9.17, 15) is 4.79 Å². The summed E-state index contributed by atoms with van der Waals surface area (Å²) in [5.41, 5.74) is -0.188. The number of furan rings is 1. The van der Waals surface area contributed by atoms with Crippen LogP contribution in [0.2, 0.25) is 0 Å². The standard InChI is InChI=1S/C13H19NO2/c1-10(2)13(5-6-14-9-13)12(15)8-11-4-3-7-16-11/h3-4,7,10,14H,5-6,8-9H2,1-2H3. The summed E-state index contributed by atoms with van der Waals surface area (Å²) in [5.74, 6) is 1.46. The lowest BCUT2D eigenvalue weighted by molar-refractivity contribution is -0.129. The van der Waals surface area contributed by atoms with Gasteiger partial charge in [0.15, 0.2) is 0 Å². The molecule has 3 nitrogen and oxygen atoms in total. The van der Waals surface area contributed by atoms with E-state index in [0.29, 0.717) is 18.1 Å². The molecule has 1 saturated heterocycles. The Bertz CT molecular complexity index is 348. The fourth-order valence-corrected chi connectivity index (χ4v) is 2.51. The highest BCUT2D eigenvalue weighted by molar-refractivity contribution is 5.87. The smallest absolute Gasteiger partial charge is 0.148 e. The predicted octanol–water partition coefficient (Wildman–Crippen LogP) is 2.03. The SMILES string of the molecule is CC(C)C1(C(=O)Cc2ccco2)CCNC1. The van der Waals surface area contributed by atoms with E-state index in [4.69, 9.17) is 4.42 Å². The van der Waals surface area contributed by atoms with Gasteiger partial charge in [-0.1, -0.05) is 13.8 Å². The molecule has 1 aromatic rings. The number of hydrogen-bond acceptors (Lipinski definition) is 3. The molecule has 1 N–H and O–H groups in total. The highest BCUT2D eigenvalue weighted by Crippen LogP contribution is 2.36. The molecule has 1 aliphatic rings. The Morgan fingerprint density at radius 1 is 1.62 bits per heavy atom. The second kappa shape index (κ2) is 4.42. The molecule has 0 radical (unpaired) electrons. The maximum Gasteiger partial charge on any atom is 0.148 e. The number of carbonyl (C=O) groups is 1. The molecule has 16 heavy (non-hydrogen) atoms. The zero-order chi connectivity index (χ0) is 11.6. The van der Waals surface area contributed by atoms with Gasteiger partial charge in [-0.05, 0) is 31.0 Å². The van der Waals surface area contributed by atoms with Gasteiger partial charge in [0, 0.05) is 12.0 Å². The van der Waals surface area contributed by atoms with Crippen LogP contribution in [0.5, 0.6) is 0 Å². The largest absolute Gasteiger partial charge is 0.469 e. The van der Waals surface area contributed by atoms with Crippen molar-refractivity contribution < 1.29 is 9.21 Å². The molecule has 2 heterocycles. The van der Waals surface area contributed by atoms with Crippen LogP contribution in [0.4, 0.5) is 0 Å². The van der Waals surface area contributed by atoms with E-state index in [2.05, 4.69) is 19.2 Å². The van der Waals surface area contributed by atoms with Gasteiger partial charge in [-0.3, -0.25) is 4.79 Å². The van der Waals surface area contributed by atoms with Gasteiger partial charge in [0.1, 0.15) is 11.5 Å². The molecule has 2 rings (SSSR count). The van der Waals surface area contributed by atoms with Gasteiger partial charge in [-0.25, -0.2) is 0 Å². The second-order valence-corrected chi connectivity index (χ2v) is 4.92. The fourth-order valence-electron chi connectivity index (χ4n) is 2.51. The van der Waals surface area contributed by atoms with Crippen molar-refractivity contribution in [2.75, 3.05) is 13.1 Å². The number of rotatable bonds is 4. The van der Waals surface area contributed by atoms with E-state index in [-0.39, 0.29) is 5.41 Å². The van der Waals surface area contributed by atoms with Crippen LogP contribution in [0.1, 0.15) is 26.0 Å². The second-order valence-electron chi connectivity index (χ2n) is 4.92. The van der Waals surface area contributed by atoms with Crippen molar-refractivity contribution in [2.45, 2.75) is 26.7 Å². The lowest BCUT2D eigenvalue weighted by atomic mass is 9.72. The fraction of sp³-hybridized carbons (Fsp3) is 0.615. The molecular formula is C13H19NO2. The summed E-state index contributed by atoms with van der Waals surface area (Å²) >= 11 is 0. The molecule has 88 valence electrons. The van der Waals surface area contributed by atoms with Crippen molar-refractivity contribution in [2.24, 2.45) is 11.3 Å². The molecule has 3 heteroatoms. The maximum absolute atomic E-state index is 12.4. The molecule has 1 unspecified atom stereocenters. The minimum absolute atomic E-state index is 0.188. The quantitative estimate of drug-likeness (QED) is 0.846. The van der Waals surface area contributed by atoms with Crippen molar-refractivity contribution in [3.05, 3.63) is 24.2 Å². The van der Waals surface area contributed by atoms with Gasteiger partial charge in [0.25, 0.3) is 0 Å². The molecule has 0 amide bonds. The summed E-state index contributed by atoms with van der Waals surface area (Å²) in [4.78, 5) is 12.4. The topological polar surface area (TPSA) is 42.2 Å². The number of hydrogen-bond donors (Lipinski definition) is 1.